The second kappa shape index (κ2) is 7.84. The first-order valence-corrected chi connectivity index (χ1v) is 8.33. The quantitative estimate of drug-likeness (QED) is 0.612. The summed E-state index contributed by atoms with van der Waals surface area (Å²) in [5.74, 6) is -1.70. The first kappa shape index (κ1) is 21.8. The van der Waals surface area contributed by atoms with Crippen LogP contribution in [0.1, 0.15) is 18.9 Å². The fraction of sp³-hybridized carbons (Fsp3) is 0.444. The van der Waals surface area contributed by atoms with Crippen LogP contribution in [0.3, 0.4) is 0 Å². The average Bonchev–Trinajstić information content (AvgIpc) is 3.07. The van der Waals surface area contributed by atoms with E-state index >= 15 is 0 Å². The first-order chi connectivity index (χ1) is 12.9. The maximum absolute atomic E-state index is 13.1. The highest BCUT2D eigenvalue weighted by Gasteiger charge is 2.72. The summed E-state index contributed by atoms with van der Waals surface area (Å²) in [5, 5.41) is 2.25. The summed E-state index contributed by atoms with van der Waals surface area (Å²) in [6.45, 7) is -1.01. The van der Waals surface area contributed by atoms with Crippen LogP contribution in [0.5, 0.6) is 0 Å². The third-order valence-electron chi connectivity index (χ3n) is 4.62. The first-order valence-electron chi connectivity index (χ1n) is 8.33. The highest BCUT2D eigenvalue weighted by Crippen LogP contribution is 2.55. The average molecular weight is 408 g/mol. The molecule has 2 amide bonds. The largest absolute Gasteiger partial charge is 0.404 e. The molecule has 10 heteroatoms. The minimum Gasteiger partial charge on any atom is -0.341 e. The Morgan fingerprint density at radius 2 is 1.68 bits per heavy atom. The molecule has 0 spiro atoms. The molecule has 1 fully saturated rings. The van der Waals surface area contributed by atoms with Crippen LogP contribution < -0.4 is 5.32 Å². The Hall–Kier alpha value is -2.52. The summed E-state index contributed by atoms with van der Waals surface area (Å²) in [7, 11) is 0. The van der Waals surface area contributed by atoms with Gasteiger partial charge in [0.25, 0.3) is 0 Å². The van der Waals surface area contributed by atoms with E-state index in [0.717, 1.165) is 6.08 Å². The highest BCUT2D eigenvalue weighted by atomic mass is 19.4. The molecule has 0 bridgehead atoms. The van der Waals surface area contributed by atoms with Gasteiger partial charge < -0.3 is 10.2 Å². The van der Waals surface area contributed by atoms with Crippen molar-refractivity contribution in [2.24, 2.45) is 5.41 Å². The molecule has 1 heterocycles. The summed E-state index contributed by atoms with van der Waals surface area (Å²) in [4.78, 5) is 24.6. The van der Waals surface area contributed by atoms with Crippen LogP contribution in [-0.4, -0.2) is 48.2 Å². The van der Waals surface area contributed by atoms with Gasteiger partial charge in [0.15, 0.2) is 5.41 Å². The number of carbonyl (C=O) groups excluding carboxylic acids is 2. The molecule has 1 saturated heterocycles. The molecular weight excluding hydrogens is 390 g/mol. The van der Waals surface area contributed by atoms with Crippen LogP contribution in [0, 0.1) is 5.41 Å². The van der Waals surface area contributed by atoms with E-state index in [1.54, 1.807) is 30.3 Å². The Morgan fingerprint density at radius 3 is 2.18 bits per heavy atom. The molecule has 0 aromatic heterocycles. The molecule has 0 radical (unpaired) electrons. The van der Waals surface area contributed by atoms with Crippen LogP contribution in [0.15, 0.2) is 36.4 Å². The molecule has 1 N–H and O–H groups in total. The zero-order valence-electron chi connectivity index (χ0n) is 14.8. The van der Waals surface area contributed by atoms with E-state index in [2.05, 4.69) is 5.32 Å². The zero-order chi connectivity index (χ0) is 21.2. The predicted octanol–water partition coefficient (Wildman–Crippen LogP) is 3.55. The van der Waals surface area contributed by atoms with Gasteiger partial charge >= 0.3 is 12.4 Å². The summed E-state index contributed by atoms with van der Waals surface area (Å²) in [6.07, 6.45) is -9.75. The number of amides is 2. The summed E-state index contributed by atoms with van der Waals surface area (Å²) in [5.41, 5.74) is -3.25. The van der Waals surface area contributed by atoms with Crippen molar-refractivity contribution >= 4 is 17.9 Å². The van der Waals surface area contributed by atoms with Gasteiger partial charge in [-0.25, -0.2) is 0 Å². The Labute approximate surface area is 157 Å². The van der Waals surface area contributed by atoms with Crippen molar-refractivity contribution in [2.45, 2.75) is 31.7 Å². The van der Waals surface area contributed by atoms with E-state index in [1.807, 2.05) is 0 Å². The smallest absolute Gasteiger partial charge is 0.341 e. The highest BCUT2D eigenvalue weighted by molar-refractivity contribution is 5.95. The van der Waals surface area contributed by atoms with Crippen molar-refractivity contribution < 1.29 is 35.9 Å². The lowest BCUT2D eigenvalue weighted by atomic mass is 9.85. The molecule has 0 saturated carbocycles. The third kappa shape index (κ3) is 4.48. The van der Waals surface area contributed by atoms with Crippen LogP contribution in [0.25, 0.3) is 6.08 Å². The van der Waals surface area contributed by atoms with E-state index in [4.69, 9.17) is 0 Å². The van der Waals surface area contributed by atoms with Gasteiger partial charge in [-0.1, -0.05) is 30.3 Å². The van der Waals surface area contributed by atoms with E-state index in [9.17, 15) is 35.9 Å². The lowest BCUT2D eigenvalue weighted by Gasteiger charge is -2.33. The molecule has 0 aliphatic carbocycles. The monoisotopic (exact) mass is 408 g/mol. The number of halogens is 6. The molecule has 28 heavy (non-hydrogen) atoms. The number of nitrogens with one attached hydrogen (secondary N) is 1. The maximum atomic E-state index is 13.1. The van der Waals surface area contributed by atoms with Crippen LogP contribution in [0.4, 0.5) is 26.3 Å². The molecule has 1 aromatic carbocycles. The van der Waals surface area contributed by atoms with Crippen LogP contribution in [-0.2, 0) is 9.59 Å². The Balaban J connectivity index is 2.02. The number of carbonyl (C=O) groups is 2. The minimum atomic E-state index is -5.54. The Morgan fingerprint density at radius 1 is 1.11 bits per heavy atom. The normalized spacial score (nSPS) is 18.3. The summed E-state index contributed by atoms with van der Waals surface area (Å²) >= 11 is 0. The maximum Gasteiger partial charge on any atom is 0.404 e. The van der Waals surface area contributed by atoms with Crippen molar-refractivity contribution in [3.8, 4) is 0 Å². The molecular formula is C18H18F6N2O2. The number of likely N-dealkylation sites (tertiary alicyclic amines) is 1. The second-order valence-corrected chi connectivity index (χ2v) is 6.56. The number of hydrogen-bond donors (Lipinski definition) is 1. The molecule has 154 valence electrons. The SMILES string of the molecule is CC(NC(=O)/C=C/c1ccccc1)C(=O)N1CCC(C(F)(F)F)(C(F)(F)F)C1. The van der Waals surface area contributed by atoms with Crippen molar-refractivity contribution in [3.05, 3.63) is 42.0 Å². The van der Waals surface area contributed by atoms with Gasteiger partial charge in [0.05, 0.1) is 0 Å². The Bertz CT molecular complexity index is 729. The van der Waals surface area contributed by atoms with Crippen molar-refractivity contribution in [1.29, 1.82) is 0 Å². The fourth-order valence-corrected chi connectivity index (χ4v) is 2.95. The minimum absolute atomic E-state index is 0.493. The Kier molecular flexibility index (Phi) is 6.10. The number of hydrogen-bond acceptors (Lipinski definition) is 2. The molecule has 2 rings (SSSR count). The molecule has 1 aliphatic heterocycles. The van der Waals surface area contributed by atoms with E-state index < -0.39 is 55.1 Å². The van der Waals surface area contributed by atoms with Gasteiger partial charge in [-0.3, -0.25) is 9.59 Å². The van der Waals surface area contributed by atoms with Crippen LogP contribution >= 0.6 is 0 Å². The van der Waals surface area contributed by atoms with Crippen molar-refractivity contribution in [2.75, 3.05) is 13.1 Å². The van der Waals surface area contributed by atoms with Crippen molar-refractivity contribution in [1.82, 2.24) is 10.2 Å². The number of nitrogens with zero attached hydrogens (tertiary/aromatic N) is 1. The standard InChI is InChI=1S/C18H18F6N2O2/c1-12(25-14(27)8-7-13-5-3-2-4-6-13)15(28)26-10-9-16(11-26,17(19,20)21)18(22,23)24/h2-8,12H,9-11H2,1H3,(H,25,27)/b8-7+. The zero-order valence-corrected chi connectivity index (χ0v) is 14.8. The predicted molar refractivity (Wildman–Crippen MR) is 88.8 cm³/mol. The van der Waals surface area contributed by atoms with E-state index in [0.29, 0.717) is 10.5 Å². The van der Waals surface area contributed by atoms with Gasteiger partial charge in [-0.05, 0) is 25.0 Å². The third-order valence-corrected chi connectivity index (χ3v) is 4.62. The van der Waals surface area contributed by atoms with E-state index in [-0.39, 0.29) is 0 Å². The lowest BCUT2D eigenvalue weighted by Crippen LogP contribution is -2.53. The number of alkyl halides is 6. The lowest BCUT2D eigenvalue weighted by molar-refractivity contribution is -0.334. The second-order valence-electron chi connectivity index (χ2n) is 6.56. The number of rotatable bonds is 4. The van der Waals surface area contributed by atoms with Gasteiger partial charge in [-0.2, -0.15) is 26.3 Å². The van der Waals surface area contributed by atoms with Gasteiger partial charge in [0.1, 0.15) is 6.04 Å². The van der Waals surface area contributed by atoms with Crippen LogP contribution in [0.2, 0.25) is 0 Å². The van der Waals surface area contributed by atoms with E-state index in [1.165, 1.54) is 13.0 Å². The molecule has 1 aliphatic rings. The molecule has 1 aromatic rings. The molecule has 1 atom stereocenters. The number of benzene rings is 1. The van der Waals surface area contributed by atoms with Crippen molar-refractivity contribution in [3.63, 3.8) is 0 Å². The fourth-order valence-electron chi connectivity index (χ4n) is 2.95. The molecule has 1 unspecified atom stereocenters. The van der Waals surface area contributed by atoms with Gasteiger partial charge in [0.2, 0.25) is 11.8 Å². The summed E-state index contributed by atoms with van der Waals surface area (Å²) < 4.78 is 78.5. The summed E-state index contributed by atoms with van der Waals surface area (Å²) in [6, 6.07) is 7.42. The molecule has 4 nitrogen and oxygen atoms in total. The van der Waals surface area contributed by atoms with Gasteiger partial charge in [-0.15, -0.1) is 0 Å². The van der Waals surface area contributed by atoms with Gasteiger partial charge in [0, 0.05) is 19.2 Å². The topological polar surface area (TPSA) is 49.4 Å².